The van der Waals surface area contributed by atoms with E-state index in [9.17, 15) is 9.18 Å². The Morgan fingerprint density at radius 2 is 2.08 bits per heavy atom. The van der Waals surface area contributed by atoms with E-state index in [-0.39, 0.29) is 41.9 Å². The van der Waals surface area contributed by atoms with Gasteiger partial charge in [0, 0.05) is 18.5 Å². The highest BCUT2D eigenvalue weighted by molar-refractivity contribution is 5.90. The molecule has 0 radical (unpaired) electrons. The van der Waals surface area contributed by atoms with Crippen LogP contribution in [-0.2, 0) is 0 Å². The van der Waals surface area contributed by atoms with E-state index >= 15 is 0 Å². The van der Waals surface area contributed by atoms with Crippen molar-refractivity contribution in [3.05, 3.63) is 41.7 Å². The summed E-state index contributed by atoms with van der Waals surface area (Å²) in [4.78, 5) is 16.4. The van der Waals surface area contributed by atoms with Gasteiger partial charge in [-0.25, -0.2) is 14.1 Å². The largest absolute Gasteiger partial charge is 0.349 e. The number of hydrogen-bond acceptors (Lipinski definition) is 4. The fourth-order valence-electron chi connectivity index (χ4n) is 2.08. The van der Waals surface area contributed by atoms with Crippen molar-refractivity contribution in [2.75, 3.05) is 6.54 Å². The minimum Gasteiger partial charge on any atom is -0.349 e. The number of amides is 1. The Hall–Kier alpha value is -1.99. The van der Waals surface area contributed by atoms with Gasteiger partial charge in [0.25, 0.3) is 5.91 Å². The summed E-state index contributed by atoms with van der Waals surface area (Å²) in [5.74, 6) is -0.00898. The molecule has 0 spiro atoms. The highest BCUT2D eigenvalue weighted by Gasteiger charge is 2.19. The van der Waals surface area contributed by atoms with Crippen LogP contribution < -0.4 is 11.1 Å². The van der Waals surface area contributed by atoms with Crippen molar-refractivity contribution in [3.8, 4) is 5.69 Å². The molecule has 0 aliphatic heterocycles. The van der Waals surface area contributed by atoms with E-state index in [2.05, 4.69) is 15.4 Å². The van der Waals surface area contributed by atoms with Crippen LogP contribution in [0.1, 0.15) is 49.6 Å². The predicted molar refractivity (Wildman–Crippen MR) is 93.3 cm³/mol. The van der Waals surface area contributed by atoms with Crippen LogP contribution in [-0.4, -0.2) is 33.3 Å². The summed E-state index contributed by atoms with van der Waals surface area (Å²) >= 11 is 0. The van der Waals surface area contributed by atoms with Gasteiger partial charge in [-0.2, -0.15) is 0 Å². The molecule has 2 aromatic rings. The van der Waals surface area contributed by atoms with Crippen LogP contribution in [0.4, 0.5) is 4.39 Å². The third-order valence-corrected chi connectivity index (χ3v) is 3.29. The molecule has 24 heavy (non-hydrogen) atoms. The van der Waals surface area contributed by atoms with Crippen LogP contribution in [0, 0.1) is 5.82 Å². The molecule has 1 unspecified atom stereocenters. The van der Waals surface area contributed by atoms with Crippen molar-refractivity contribution in [1.29, 1.82) is 0 Å². The molecule has 1 aromatic carbocycles. The zero-order valence-corrected chi connectivity index (χ0v) is 14.8. The number of aromatic nitrogens is 3. The molecule has 8 heteroatoms. The highest BCUT2D eigenvalue weighted by Crippen LogP contribution is 2.18. The smallest absolute Gasteiger partial charge is 0.290 e. The maximum atomic E-state index is 13.4. The average Bonchev–Trinajstić information content (AvgIpc) is 2.92. The Balaban J connectivity index is 0.00000288. The second kappa shape index (κ2) is 8.75. The molecule has 0 aliphatic carbocycles. The molecular weight excluding hydrogens is 333 g/mol. The van der Waals surface area contributed by atoms with Gasteiger partial charge in [0.05, 0.1) is 5.69 Å². The van der Waals surface area contributed by atoms with Crippen molar-refractivity contribution < 1.29 is 9.18 Å². The summed E-state index contributed by atoms with van der Waals surface area (Å²) in [6.07, 6.45) is 0.674. The number of halogens is 2. The standard InChI is InChI=1S/C16H22FN5O.ClH/c1-10(2)15-20-14(16(23)19-8-7-11(3)18)21-22(15)13-6-4-5-12(17)9-13;/h4-6,9-11H,7-8,18H2,1-3H3,(H,19,23);1H. The van der Waals surface area contributed by atoms with E-state index in [0.717, 1.165) is 0 Å². The first-order chi connectivity index (χ1) is 10.9. The van der Waals surface area contributed by atoms with Crippen molar-refractivity contribution >= 4 is 18.3 Å². The minimum atomic E-state index is -0.365. The molecule has 0 bridgehead atoms. The maximum Gasteiger partial charge on any atom is 0.290 e. The molecule has 2 rings (SSSR count). The number of carbonyl (C=O) groups excluding carboxylic acids is 1. The summed E-state index contributed by atoms with van der Waals surface area (Å²) in [7, 11) is 0. The van der Waals surface area contributed by atoms with Crippen molar-refractivity contribution in [1.82, 2.24) is 20.1 Å². The maximum absolute atomic E-state index is 13.4. The zero-order valence-electron chi connectivity index (χ0n) is 14.0. The Morgan fingerprint density at radius 1 is 1.38 bits per heavy atom. The van der Waals surface area contributed by atoms with Gasteiger partial charge in [0.1, 0.15) is 11.6 Å². The fourth-order valence-corrected chi connectivity index (χ4v) is 2.08. The van der Waals surface area contributed by atoms with Crippen LogP contribution in [0.15, 0.2) is 24.3 Å². The summed E-state index contributed by atoms with van der Waals surface area (Å²) < 4.78 is 14.9. The number of benzene rings is 1. The SMILES string of the molecule is CC(N)CCNC(=O)c1nc(C(C)C)n(-c2cccc(F)c2)n1.Cl. The number of hydrogen-bond donors (Lipinski definition) is 2. The van der Waals surface area contributed by atoms with Gasteiger partial charge in [-0.05, 0) is 31.5 Å². The van der Waals surface area contributed by atoms with Gasteiger partial charge in [0.2, 0.25) is 5.82 Å². The molecule has 0 aliphatic rings. The summed E-state index contributed by atoms with van der Waals surface area (Å²) in [6.45, 7) is 6.22. The quantitative estimate of drug-likeness (QED) is 0.833. The van der Waals surface area contributed by atoms with Gasteiger partial charge < -0.3 is 11.1 Å². The lowest BCUT2D eigenvalue weighted by molar-refractivity contribution is 0.0942. The molecule has 1 aromatic heterocycles. The molecule has 0 saturated carbocycles. The Kier molecular flexibility index (Phi) is 7.31. The average molecular weight is 356 g/mol. The van der Waals surface area contributed by atoms with Crippen molar-refractivity contribution in [3.63, 3.8) is 0 Å². The number of nitrogens with one attached hydrogen (secondary N) is 1. The lowest BCUT2D eigenvalue weighted by atomic mass is 10.2. The van der Waals surface area contributed by atoms with Gasteiger partial charge >= 0.3 is 0 Å². The number of rotatable bonds is 6. The molecule has 1 amide bonds. The van der Waals surface area contributed by atoms with Crippen LogP contribution in [0.3, 0.4) is 0 Å². The number of nitrogens with two attached hydrogens (primary N) is 1. The number of nitrogens with zero attached hydrogens (tertiary/aromatic N) is 3. The first kappa shape index (κ1) is 20.1. The second-order valence-corrected chi connectivity index (χ2v) is 5.86. The molecule has 132 valence electrons. The molecule has 1 heterocycles. The van der Waals surface area contributed by atoms with E-state index in [1.165, 1.54) is 16.8 Å². The summed E-state index contributed by atoms with van der Waals surface area (Å²) in [5, 5.41) is 6.98. The second-order valence-electron chi connectivity index (χ2n) is 5.86. The van der Waals surface area contributed by atoms with Gasteiger partial charge in [-0.1, -0.05) is 19.9 Å². The van der Waals surface area contributed by atoms with Crippen molar-refractivity contribution in [2.24, 2.45) is 5.73 Å². The van der Waals surface area contributed by atoms with E-state index in [1.54, 1.807) is 12.1 Å². The first-order valence-electron chi connectivity index (χ1n) is 7.65. The van der Waals surface area contributed by atoms with Crippen LogP contribution in [0.5, 0.6) is 0 Å². The lowest BCUT2D eigenvalue weighted by Gasteiger charge is -2.07. The van der Waals surface area contributed by atoms with E-state index in [0.29, 0.717) is 24.5 Å². The van der Waals surface area contributed by atoms with Crippen molar-refractivity contribution in [2.45, 2.75) is 39.2 Å². The molecule has 0 fully saturated rings. The van der Waals surface area contributed by atoms with E-state index in [1.807, 2.05) is 20.8 Å². The van der Waals surface area contributed by atoms with Crippen LogP contribution >= 0.6 is 12.4 Å². The molecular formula is C16H23ClFN5O. The normalized spacial score (nSPS) is 11.9. The molecule has 6 nitrogen and oxygen atoms in total. The molecule has 1 atom stereocenters. The van der Waals surface area contributed by atoms with E-state index < -0.39 is 0 Å². The van der Waals surface area contributed by atoms with Gasteiger partial charge in [-0.3, -0.25) is 4.79 Å². The topological polar surface area (TPSA) is 85.8 Å². The Bertz CT molecular complexity index is 687. The molecule has 0 saturated heterocycles. The van der Waals surface area contributed by atoms with Gasteiger partial charge in [0.15, 0.2) is 0 Å². The highest BCUT2D eigenvalue weighted by atomic mass is 35.5. The zero-order chi connectivity index (χ0) is 17.0. The third-order valence-electron chi connectivity index (χ3n) is 3.29. The lowest BCUT2D eigenvalue weighted by Crippen LogP contribution is -2.29. The Morgan fingerprint density at radius 3 is 2.67 bits per heavy atom. The Labute approximate surface area is 147 Å². The third kappa shape index (κ3) is 5.01. The van der Waals surface area contributed by atoms with Crippen LogP contribution in [0.2, 0.25) is 0 Å². The van der Waals surface area contributed by atoms with Gasteiger partial charge in [-0.15, -0.1) is 17.5 Å². The monoisotopic (exact) mass is 355 g/mol. The fraction of sp³-hybridized carbons (Fsp3) is 0.438. The predicted octanol–water partition coefficient (Wildman–Crippen LogP) is 2.42. The van der Waals surface area contributed by atoms with E-state index in [4.69, 9.17) is 5.73 Å². The summed E-state index contributed by atoms with van der Waals surface area (Å²) in [6, 6.07) is 6.05. The molecule has 3 N–H and O–H groups in total. The summed E-state index contributed by atoms with van der Waals surface area (Å²) in [5.41, 5.74) is 6.19. The first-order valence-corrected chi connectivity index (χ1v) is 7.65. The minimum absolute atomic E-state index is 0. The van der Waals surface area contributed by atoms with Crippen LogP contribution in [0.25, 0.3) is 5.69 Å². The number of carbonyl (C=O) groups is 1.